The van der Waals surface area contributed by atoms with Gasteiger partial charge in [-0.1, -0.05) is 12.8 Å². The van der Waals surface area contributed by atoms with Crippen LogP contribution in [-0.4, -0.2) is 75.5 Å². The molecule has 0 spiro atoms. The van der Waals surface area contributed by atoms with Gasteiger partial charge in [0.2, 0.25) is 0 Å². The van der Waals surface area contributed by atoms with E-state index >= 15 is 0 Å². The zero-order valence-corrected chi connectivity index (χ0v) is 12.8. The Morgan fingerprint density at radius 2 is 1.05 bits per heavy atom. The molecule has 0 unspecified atom stereocenters. The van der Waals surface area contributed by atoms with Crippen molar-refractivity contribution in [1.82, 2.24) is 9.80 Å². The molecule has 2 heterocycles. The SMILES string of the molecule is C1CC[C@@H](CN2CCOCC2)[C@H](CN2CCOCC2)C1. The van der Waals surface area contributed by atoms with Gasteiger partial charge < -0.3 is 9.47 Å². The third kappa shape index (κ3) is 4.17. The van der Waals surface area contributed by atoms with E-state index in [1.54, 1.807) is 0 Å². The Bertz CT molecular complexity index is 248. The van der Waals surface area contributed by atoms with E-state index in [9.17, 15) is 0 Å². The molecular weight excluding hydrogens is 252 g/mol. The molecular formula is C16H30N2O2. The first-order chi connectivity index (χ1) is 9.92. The van der Waals surface area contributed by atoms with Crippen molar-refractivity contribution < 1.29 is 9.47 Å². The van der Waals surface area contributed by atoms with Crippen molar-refractivity contribution in [2.45, 2.75) is 25.7 Å². The lowest BCUT2D eigenvalue weighted by atomic mass is 9.78. The van der Waals surface area contributed by atoms with Crippen LogP contribution in [0.5, 0.6) is 0 Å². The van der Waals surface area contributed by atoms with E-state index in [0.29, 0.717) is 0 Å². The van der Waals surface area contributed by atoms with Crippen molar-refractivity contribution in [3.05, 3.63) is 0 Å². The van der Waals surface area contributed by atoms with Crippen LogP contribution in [-0.2, 0) is 9.47 Å². The summed E-state index contributed by atoms with van der Waals surface area (Å²) in [5, 5.41) is 0. The quantitative estimate of drug-likeness (QED) is 0.779. The van der Waals surface area contributed by atoms with Gasteiger partial charge in [-0.3, -0.25) is 9.80 Å². The molecule has 2 saturated heterocycles. The van der Waals surface area contributed by atoms with Gasteiger partial charge >= 0.3 is 0 Å². The Hall–Kier alpha value is -0.160. The second-order valence-corrected chi connectivity index (χ2v) is 6.63. The number of hydrogen-bond acceptors (Lipinski definition) is 4. The van der Waals surface area contributed by atoms with Gasteiger partial charge in [0.15, 0.2) is 0 Å². The monoisotopic (exact) mass is 282 g/mol. The van der Waals surface area contributed by atoms with Gasteiger partial charge in [-0.25, -0.2) is 0 Å². The summed E-state index contributed by atoms with van der Waals surface area (Å²) >= 11 is 0. The predicted octanol–water partition coefficient (Wildman–Crippen LogP) is 1.46. The Balaban J connectivity index is 1.49. The minimum absolute atomic E-state index is 0.907. The molecule has 0 aromatic rings. The van der Waals surface area contributed by atoms with Crippen LogP contribution in [0.15, 0.2) is 0 Å². The highest BCUT2D eigenvalue weighted by Crippen LogP contribution is 2.31. The first kappa shape index (κ1) is 14.8. The first-order valence-electron chi connectivity index (χ1n) is 8.52. The van der Waals surface area contributed by atoms with Gasteiger partial charge in [-0.15, -0.1) is 0 Å². The summed E-state index contributed by atoms with van der Waals surface area (Å²) in [6.45, 7) is 10.9. The molecule has 1 saturated carbocycles. The van der Waals surface area contributed by atoms with Crippen LogP contribution in [0, 0.1) is 11.8 Å². The minimum Gasteiger partial charge on any atom is -0.379 e. The normalized spacial score (nSPS) is 34.2. The smallest absolute Gasteiger partial charge is 0.0594 e. The van der Waals surface area contributed by atoms with Crippen molar-refractivity contribution in [3.8, 4) is 0 Å². The lowest BCUT2D eigenvalue weighted by molar-refractivity contribution is 0.00397. The Labute approximate surface area is 123 Å². The molecule has 3 rings (SSSR count). The average molecular weight is 282 g/mol. The summed E-state index contributed by atoms with van der Waals surface area (Å²) < 4.78 is 10.9. The molecule has 0 amide bonds. The lowest BCUT2D eigenvalue weighted by Gasteiger charge is -2.39. The number of rotatable bonds is 4. The molecule has 0 bridgehead atoms. The largest absolute Gasteiger partial charge is 0.379 e. The molecule has 1 aliphatic carbocycles. The van der Waals surface area contributed by atoms with Crippen LogP contribution in [0.4, 0.5) is 0 Å². The van der Waals surface area contributed by atoms with Gasteiger partial charge in [0.1, 0.15) is 0 Å². The fourth-order valence-electron chi connectivity index (χ4n) is 4.00. The fourth-order valence-corrected chi connectivity index (χ4v) is 4.00. The zero-order valence-electron chi connectivity index (χ0n) is 12.8. The first-order valence-corrected chi connectivity index (χ1v) is 8.52. The van der Waals surface area contributed by atoms with Crippen LogP contribution >= 0.6 is 0 Å². The van der Waals surface area contributed by atoms with Crippen LogP contribution < -0.4 is 0 Å². The van der Waals surface area contributed by atoms with Crippen molar-refractivity contribution >= 4 is 0 Å². The Morgan fingerprint density at radius 1 is 0.650 bits per heavy atom. The van der Waals surface area contributed by atoms with Gasteiger partial charge in [0.05, 0.1) is 26.4 Å². The Morgan fingerprint density at radius 3 is 1.45 bits per heavy atom. The van der Waals surface area contributed by atoms with E-state index in [2.05, 4.69) is 9.80 Å². The number of morpholine rings is 2. The predicted molar refractivity (Wildman–Crippen MR) is 80.0 cm³/mol. The van der Waals surface area contributed by atoms with E-state index in [-0.39, 0.29) is 0 Å². The number of nitrogens with zero attached hydrogens (tertiary/aromatic N) is 2. The summed E-state index contributed by atoms with van der Waals surface area (Å²) in [7, 11) is 0. The number of hydrogen-bond donors (Lipinski definition) is 0. The third-order valence-electron chi connectivity index (χ3n) is 5.26. The van der Waals surface area contributed by atoms with Gasteiger partial charge in [0.25, 0.3) is 0 Å². The minimum atomic E-state index is 0.907. The molecule has 20 heavy (non-hydrogen) atoms. The highest BCUT2D eigenvalue weighted by atomic mass is 16.5. The second-order valence-electron chi connectivity index (χ2n) is 6.63. The van der Waals surface area contributed by atoms with E-state index in [0.717, 1.165) is 64.4 Å². The topological polar surface area (TPSA) is 24.9 Å². The van der Waals surface area contributed by atoms with E-state index in [4.69, 9.17) is 9.47 Å². The molecule has 3 fully saturated rings. The molecule has 4 nitrogen and oxygen atoms in total. The van der Waals surface area contributed by atoms with Gasteiger partial charge in [-0.05, 0) is 24.7 Å². The molecule has 0 aromatic carbocycles. The number of ether oxygens (including phenoxy) is 2. The summed E-state index contributed by atoms with van der Waals surface area (Å²) in [4.78, 5) is 5.26. The zero-order chi connectivity index (χ0) is 13.6. The molecule has 0 N–H and O–H groups in total. The second kappa shape index (κ2) is 7.74. The van der Waals surface area contributed by atoms with Crippen molar-refractivity contribution in [3.63, 3.8) is 0 Å². The van der Waals surface area contributed by atoms with Gasteiger partial charge in [0, 0.05) is 39.3 Å². The highest BCUT2D eigenvalue weighted by molar-refractivity contribution is 4.82. The summed E-state index contributed by atoms with van der Waals surface area (Å²) in [6, 6.07) is 0. The van der Waals surface area contributed by atoms with Crippen LogP contribution in [0.25, 0.3) is 0 Å². The highest BCUT2D eigenvalue weighted by Gasteiger charge is 2.29. The van der Waals surface area contributed by atoms with Crippen LogP contribution in [0.1, 0.15) is 25.7 Å². The maximum absolute atomic E-state index is 5.47. The standard InChI is InChI=1S/C16H30N2O2/c1-2-4-16(14-18-7-11-20-12-8-18)15(3-1)13-17-5-9-19-10-6-17/h15-16H,1-14H2/t15-,16-/m0/s1. The summed E-state index contributed by atoms with van der Waals surface area (Å²) in [5.41, 5.74) is 0. The molecule has 4 heteroatoms. The van der Waals surface area contributed by atoms with Crippen LogP contribution in [0.3, 0.4) is 0 Å². The maximum atomic E-state index is 5.47. The molecule has 0 aromatic heterocycles. The van der Waals surface area contributed by atoms with Crippen molar-refractivity contribution in [1.29, 1.82) is 0 Å². The van der Waals surface area contributed by atoms with E-state index in [1.165, 1.54) is 38.8 Å². The third-order valence-corrected chi connectivity index (χ3v) is 5.26. The molecule has 116 valence electrons. The van der Waals surface area contributed by atoms with E-state index < -0.39 is 0 Å². The average Bonchev–Trinajstić information content (AvgIpc) is 2.51. The molecule has 2 aliphatic heterocycles. The summed E-state index contributed by atoms with van der Waals surface area (Å²) in [6.07, 6.45) is 5.75. The van der Waals surface area contributed by atoms with Gasteiger partial charge in [-0.2, -0.15) is 0 Å². The van der Waals surface area contributed by atoms with Crippen LogP contribution in [0.2, 0.25) is 0 Å². The van der Waals surface area contributed by atoms with Crippen molar-refractivity contribution in [2.24, 2.45) is 11.8 Å². The van der Waals surface area contributed by atoms with Crippen molar-refractivity contribution in [2.75, 3.05) is 65.7 Å². The molecule has 2 atom stereocenters. The molecule has 3 aliphatic rings. The Kier molecular flexibility index (Phi) is 5.71. The lowest BCUT2D eigenvalue weighted by Crippen LogP contribution is -2.45. The van der Waals surface area contributed by atoms with E-state index in [1.807, 2.05) is 0 Å². The molecule has 0 radical (unpaired) electrons. The summed E-state index contributed by atoms with van der Waals surface area (Å²) in [5.74, 6) is 1.81. The maximum Gasteiger partial charge on any atom is 0.0594 e. The fraction of sp³-hybridized carbons (Fsp3) is 1.00.